The van der Waals surface area contributed by atoms with Gasteiger partial charge in [-0.05, 0) is 89.3 Å². The number of carbonyl (C=O) groups excluding carboxylic acids is 2. The summed E-state index contributed by atoms with van der Waals surface area (Å²) in [7, 11) is 0. The first-order chi connectivity index (χ1) is 27.0. The lowest BCUT2D eigenvalue weighted by Gasteiger charge is -2.22. The number of nitrogens with zero attached hydrogens (tertiary/aromatic N) is 1. The Hall–Kier alpha value is -1.14. The molecule has 0 bridgehead atoms. The lowest BCUT2D eigenvalue weighted by atomic mass is 9.90. The van der Waals surface area contributed by atoms with E-state index < -0.39 is 0 Å². The van der Waals surface area contributed by atoms with Gasteiger partial charge in [0.15, 0.2) is 0 Å². The van der Waals surface area contributed by atoms with Gasteiger partial charge in [-0.25, -0.2) is 0 Å². The summed E-state index contributed by atoms with van der Waals surface area (Å²) < 4.78 is 11.3. The van der Waals surface area contributed by atoms with Crippen molar-refractivity contribution in [3.63, 3.8) is 0 Å². The fourth-order valence-corrected chi connectivity index (χ4v) is 8.01. The average molecular weight is 780 g/mol. The second-order valence-electron chi connectivity index (χ2n) is 17.1. The molecule has 0 heterocycles. The number of aliphatic hydroxyl groups excluding tert-OH is 1. The molecule has 0 rings (SSSR count). The van der Waals surface area contributed by atoms with Crippen LogP contribution in [0.5, 0.6) is 0 Å². The van der Waals surface area contributed by atoms with Crippen LogP contribution in [-0.2, 0) is 19.1 Å². The molecule has 0 radical (unpaired) electrons. The predicted molar refractivity (Wildman–Crippen MR) is 237 cm³/mol. The summed E-state index contributed by atoms with van der Waals surface area (Å²) in [6.07, 6.45) is 41.2. The predicted octanol–water partition coefficient (Wildman–Crippen LogP) is 14.3. The molecule has 0 aromatic rings. The SMILES string of the molecule is CCCCCCCC(CCCCC)CCC(=O)OCCCCCCN(CCCCCO)CCCCCCOC(=O)CCC(CCCCC)CCCCCCC. The fraction of sp³-hybridized carbons (Fsp3) is 0.959. The number of hydrogen-bond donors (Lipinski definition) is 1. The first kappa shape index (κ1) is 53.9. The van der Waals surface area contributed by atoms with Crippen LogP contribution in [0.25, 0.3) is 0 Å². The number of aliphatic hydroxyl groups is 1. The van der Waals surface area contributed by atoms with E-state index in [2.05, 4.69) is 32.6 Å². The summed E-state index contributed by atoms with van der Waals surface area (Å²) in [5, 5.41) is 9.21. The molecule has 0 amide bonds. The van der Waals surface area contributed by atoms with Crippen molar-refractivity contribution in [3.8, 4) is 0 Å². The van der Waals surface area contributed by atoms with Gasteiger partial charge in [-0.2, -0.15) is 0 Å². The Morgan fingerprint density at radius 3 is 1.09 bits per heavy atom. The minimum atomic E-state index is 0.00352. The van der Waals surface area contributed by atoms with E-state index in [1.54, 1.807) is 0 Å². The van der Waals surface area contributed by atoms with E-state index in [1.165, 1.54) is 154 Å². The van der Waals surface area contributed by atoms with E-state index in [4.69, 9.17) is 9.47 Å². The zero-order valence-electron chi connectivity index (χ0n) is 37.7. The normalized spacial score (nSPS) is 12.7. The molecule has 55 heavy (non-hydrogen) atoms. The van der Waals surface area contributed by atoms with Crippen LogP contribution in [-0.4, -0.2) is 61.4 Å². The van der Waals surface area contributed by atoms with Gasteiger partial charge < -0.3 is 19.5 Å². The molecule has 1 N–H and O–H groups in total. The van der Waals surface area contributed by atoms with E-state index in [0.29, 0.717) is 37.9 Å². The van der Waals surface area contributed by atoms with Gasteiger partial charge in [-0.3, -0.25) is 9.59 Å². The number of unbranched alkanes of at least 4 members (excludes halogenated alkanes) is 20. The number of carbonyl (C=O) groups is 2. The third kappa shape index (κ3) is 39.5. The van der Waals surface area contributed by atoms with Crippen LogP contribution in [0.2, 0.25) is 0 Å². The van der Waals surface area contributed by atoms with Crippen molar-refractivity contribution >= 4 is 11.9 Å². The lowest BCUT2D eigenvalue weighted by Crippen LogP contribution is -2.27. The molecule has 328 valence electrons. The highest BCUT2D eigenvalue weighted by Gasteiger charge is 2.14. The molecule has 2 atom stereocenters. The molecule has 0 spiro atoms. The van der Waals surface area contributed by atoms with Crippen LogP contribution >= 0.6 is 0 Å². The molecule has 0 saturated heterocycles. The molecule has 2 unspecified atom stereocenters. The fourth-order valence-electron chi connectivity index (χ4n) is 8.01. The Kier molecular flexibility index (Phi) is 43.1. The first-order valence-corrected chi connectivity index (χ1v) is 24.6. The third-order valence-corrected chi connectivity index (χ3v) is 11.8. The topological polar surface area (TPSA) is 76.1 Å². The largest absolute Gasteiger partial charge is 0.466 e. The maximum Gasteiger partial charge on any atom is 0.305 e. The van der Waals surface area contributed by atoms with Crippen molar-refractivity contribution in [1.82, 2.24) is 4.90 Å². The quantitative estimate of drug-likeness (QED) is 0.0490. The van der Waals surface area contributed by atoms with Crippen LogP contribution in [0.4, 0.5) is 0 Å². The van der Waals surface area contributed by atoms with E-state index in [1.807, 2.05) is 0 Å². The second-order valence-corrected chi connectivity index (χ2v) is 17.1. The molecular weight excluding hydrogens is 683 g/mol. The van der Waals surface area contributed by atoms with E-state index >= 15 is 0 Å². The molecule has 0 fully saturated rings. The van der Waals surface area contributed by atoms with Gasteiger partial charge >= 0.3 is 11.9 Å². The van der Waals surface area contributed by atoms with Crippen molar-refractivity contribution in [2.24, 2.45) is 11.8 Å². The summed E-state index contributed by atoms with van der Waals surface area (Å²) in [5.74, 6) is 1.37. The Bertz CT molecular complexity index is 733. The second kappa shape index (κ2) is 44.0. The highest BCUT2D eigenvalue weighted by Crippen LogP contribution is 2.24. The highest BCUT2D eigenvalue weighted by molar-refractivity contribution is 5.69. The van der Waals surface area contributed by atoms with Crippen LogP contribution in [0, 0.1) is 11.8 Å². The maximum atomic E-state index is 12.5. The highest BCUT2D eigenvalue weighted by atomic mass is 16.5. The summed E-state index contributed by atoms with van der Waals surface area (Å²) in [6, 6.07) is 0. The molecule has 0 aliphatic rings. The van der Waals surface area contributed by atoms with Crippen molar-refractivity contribution in [3.05, 3.63) is 0 Å². The van der Waals surface area contributed by atoms with Crippen molar-refractivity contribution in [2.75, 3.05) is 39.5 Å². The van der Waals surface area contributed by atoms with Crippen LogP contribution < -0.4 is 0 Å². The first-order valence-electron chi connectivity index (χ1n) is 24.6. The van der Waals surface area contributed by atoms with Crippen LogP contribution in [0.1, 0.15) is 252 Å². The van der Waals surface area contributed by atoms with E-state index in [0.717, 1.165) is 77.4 Å². The van der Waals surface area contributed by atoms with Crippen LogP contribution in [0.15, 0.2) is 0 Å². The van der Waals surface area contributed by atoms with E-state index in [-0.39, 0.29) is 18.5 Å². The van der Waals surface area contributed by atoms with E-state index in [9.17, 15) is 14.7 Å². The van der Waals surface area contributed by atoms with Gasteiger partial charge in [0.25, 0.3) is 0 Å². The summed E-state index contributed by atoms with van der Waals surface area (Å²) >= 11 is 0. The molecule has 0 aliphatic carbocycles. The number of esters is 2. The molecule has 0 aliphatic heterocycles. The number of ether oxygens (including phenoxy) is 2. The minimum absolute atomic E-state index is 0.00352. The lowest BCUT2D eigenvalue weighted by molar-refractivity contribution is -0.145. The molecular formula is C49H97NO5. The molecule has 0 saturated carbocycles. The minimum Gasteiger partial charge on any atom is -0.466 e. The molecule has 0 aromatic heterocycles. The Balaban J connectivity index is 4.22. The van der Waals surface area contributed by atoms with Gasteiger partial charge in [-0.1, -0.05) is 182 Å². The number of hydrogen-bond acceptors (Lipinski definition) is 6. The van der Waals surface area contributed by atoms with Gasteiger partial charge in [-0.15, -0.1) is 0 Å². The Labute approximate surface area is 343 Å². The zero-order chi connectivity index (χ0) is 40.3. The van der Waals surface area contributed by atoms with Gasteiger partial charge in [0.1, 0.15) is 0 Å². The smallest absolute Gasteiger partial charge is 0.305 e. The van der Waals surface area contributed by atoms with Gasteiger partial charge in [0.2, 0.25) is 0 Å². The Morgan fingerprint density at radius 2 is 0.709 bits per heavy atom. The standard InChI is InChI=1S/C49H97NO5/c1-5-9-13-15-24-34-46(32-22-11-7-3)36-38-48(52)54-44-30-19-17-26-40-50(42-28-21-29-43-51)41-27-18-20-31-45-55-49(53)39-37-47(33-23-12-8-4)35-25-16-14-10-6-2/h46-47,51H,5-45H2,1-4H3. The van der Waals surface area contributed by atoms with Crippen molar-refractivity contribution in [2.45, 2.75) is 252 Å². The number of rotatable bonds is 45. The third-order valence-electron chi connectivity index (χ3n) is 11.8. The molecule has 6 heteroatoms. The summed E-state index contributed by atoms with van der Waals surface area (Å²) in [4.78, 5) is 27.6. The van der Waals surface area contributed by atoms with Gasteiger partial charge in [0.05, 0.1) is 13.2 Å². The zero-order valence-corrected chi connectivity index (χ0v) is 37.7. The monoisotopic (exact) mass is 780 g/mol. The van der Waals surface area contributed by atoms with Crippen LogP contribution in [0.3, 0.4) is 0 Å². The van der Waals surface area contributed by atoms with Crippen molar-refractivity contribution < 1.29 is 24.2 Å². The van der Waals surface area contributed by atoms with Crippen molar-refractivity contribution in [1.29, 1.82) is 0 Å². The molecule has 6 nitrogen and oxygen atoms in total. The molecule has 0 aromatic carbocycles. The Morgan fingerprint density at radius 1 is 0.400 bits per heavy atom. The maximum absolute atomic E-state index is 12.5. The van der Waals surface area contributed by atoms with Gasteiger partial charge in [0, 0.05) is 19.4 Å². The summed E-state index contributed by atoms with van der Waals surface area (Å²) in [6.45, 7) is 13.8. The average Bonchev–Trinajstić information content (AvgIpc) is 3.18. The summed E-state index contributed by atoms with van der Waals surface area (Å²) in [5.41, 5.74) is 0.